The van der Waals surface area contributed by atoms with Crippen LogP contribution in [0.5, 0.6) is 11.5 Å². The van der Waals surface area contributed by atoms with Gasteiger partial charge >= 0.3 is 0 Å². The number of fused-ring (bicyclic) bond motifs is 1. The fourth-order valence-corrected chi connectivity index (χ4v) is 3.22. The Kier molecular flexibility index (Phi) is 3.94. The van der Waals surface area contributed by atoms with E-state index in [1.165, 1.54) is 5.56 Å². The Labute approximate surface area is 110 Å². The van der Waals surface area contributed by atoms with Crippen molar-refractivity contribution in [3.63, 3.8) is 0 Å². The summed E-state index contributed by atoms with van der Waals surface area (Å²) in [5, 5.41) is 0. The van der Waals surface area contributed by atoms with Crippen LogP contribution in [0.25, 0.3) is 0 Å². The summed E-state index contributed by atoms with van der Waals surface area (Å²) in [5.74, 6) is 2.15. The van der Waals surface area contributed by atoms with Crippen molar-refractivity contribution in [2.75, 3.05) is 19.8 Å². The largest absolute Gasteiger partial charge is 0.486 e. The Morgan fingerprint density at radius 3 is 2.82 bits per heavy atom. The van der Waals surface area contributed by atoms with Gasteiger partial charge in [0, 0.05) is 4.47 Å². The van der Waals surface area contributed by atoms with E-state index in [0.29, 0.717) is 25.7 Å². The Morgan fingerprint density at radius 2 is 2.12 bits per heavy atom. The van der Waals surface area contributed by atoms with Gasteiger partial charge in [0.05, 0.1) is 0 Å². The second-order valence-corrected chi connectivity index (χ2v) is 5.25. The summed E-state index contributed by atoms with van der Waals surface area (Å²) >= 11 is 3.62. The number of halogens is 1. The Bertz CT molecular complexity index is 420. The van der Waals surface area contributed by atoms with Crippen molar-refractivity contribution in [3.05, 3.63) is 21.7 Å². The van der Waals surface area contributed by atoms with E-state index >= 15 is 0 Å². The molecule has 2 rings (SSSR count). The quantitative estimate of drug-likeness (QED) is 0.933. The number of rotatable bonds is 3. The first kappa shape index (κ1) is 12.7. The third kappa shape index (κ3) is 2.43. The monoisotopic (exact) mass is 299 g/mol. The van der Waals surface area contributed by atoms with Crippen molar-refractivity contribution in [2.24, 2.45) is 5.73 Å². The molecule has 0 spiro atoms. The molecule has 1 aromatic carbocycles. The van der Waals surface area contributed by atoms with Crippen LogP contribution in [0.4, 0.5) is 0 Å². The standard InChI is InChI=1S/C13H18BrNO2/c1-8(3-4-15)12-9(2)13-11(7-10(12)14)16-5-6-17-13/h7-8H,3-6,15H2,1-2H3. The lowest BCUT2D eigenvalue weighted by Gasteiger charge is -2.25. The molecule has 1 aliphatic rings. The molecular weight excluding hydrogens is 282 g/mol. The lowest BCUT2D eigenvalue weighted by atomic mass is 9.93. The zero-order valence-electron chi connectivity index (χ0n) is 10.3. The third-order valence-electron chi connectivity index (χ3n) is 3.16. The molecule has 94 valence electrons. The first-order valence-electron chi connectivity index (χ1n) is 5.93. The van der Waals surface area contributed by atoms with E-state index in [4.69, 9.17) is 15.2 Å². The molecule has 1 atom stereocenters. The van der Waals surface area contributed by atoms with Gasteiger partial charge in [-0.25, -0.2) is 0 Å². The van der Waals surface area contributed by atoms with Crippen molar-refractivity contribution >= 4 is 15.9 Å². The molecule has 1 unspecified atom stereocenters. The highest BCUT2D eigenvalue weighted by atomic mass is 79.9. The van der Waals surface area contributed by atoms with Crippen LogP contribution in [-0.2, 0) is 0 Å². The van der Waals surface area contributed by atoms with Gasteiger partial charge in [0.15, 0.2) is 11.5 Å². The number of benzene rings is 1. The molecular formula is C13H18BrNO2. The molecule has 2 N–H and O–H groups in total. The van der Waals surface area contributed by atoms with E-state index in [0.717, 1.165) is 28.0 Å². The normalized spacial score (nSPS) is 15.8. The van der Waals surface area contributed by atoms with Gasteiger partial charge in [-0.3, -0.25) is 0 Å². The molecule has 0 aromatic heterocycles. The van der Waals surface area contributed by atoms with E-state index in [-0.39, 0.29) is 0 Å². The van der Waals surface area contributed by atoms with Crippen LogP contribution in [0.2, 0.25) is 0 Å². The summed E-state index contributed by atoms with van der Waals surface area (Å²) in [5.41, 5.74) is 8.07. The highest BCUT2D eigenvalue weighted by Crippen LogP contribution is 2.42. The number of nitrogens with two attached hydrogens (primary N) is 1. The summed E-state index contributed by atoms with van der Waals surface area (Å²) in [6.07, 6.45) is 0.971. The van der Waals surface area contributed by atoms with E-state index < -0.39 is 0 Å². The third-order valence-corrected chi connectivity index (χ3v) is 3.82. The summed E-state index contributed by atoms with van der Waals surface area (Å²) in [6.45, 7) is 6.22. The predicted octanol–water partition coefficient (Wildman–Crippen LogP) is 2.98. The average Bonchev–Trinajstić information content (AvgIpc) is 2.29. The van der Waals surface area contributed by atoms with Gasteiger partial charge in [-0.05, 0) is 43.0 Å². The van der Waals surface area contributed by atoms with Crippen LogP contribution in [0.3, 0.4) is 0 Å². The highest BCUT2D eigenvalue weighted by Gasteiger charge is 2.22. The van der Waals surface area contributed by atoms with Crippen LogP contribution in [0.15, 0.2) is 10.5 Å². The van der Waals surface area contributed by atoms with Crippen molar-refractivity contribution in [1.82, 2.24) is 0 Å². The van der Waals surface area contributed by atoms with Crippen LogP contribution < -0.4 is 15.2 Å². The first-order chi connectivity index (χ1) is 8.15. The fourth-order valence-electron chi connectivity index (χ4n) is 2.33. The van der Waals surface area contributed by atoms with Gasteiger partial charge in [-0.2, -0.15) is 0 Å². The number of hydrogen-bond acceptors (Lipinski definition) is 3. The SMILES string of the molecule is Cc1c2c(cc(Br)c1C(C)CCN)OCCO2. The van der Waals surface area contributed by atoms with Crippen molar-refractivity contribution < 1.29 is 9.47 Å². The summed E-state index contributed by atoms with van der Waals surface area (Å²) in [4.78, 5) is 0. The summed E-state index contributed by atoms with van der Waals surface area (Å²) in [6, 6.07) is 2.00. The second kappa shape index (κ2) is 5.27. The maximum absolute atomic E-state index is 5.70. The van der Waals surface area contributed by atoms with Crippen molar-refractivity contribution in [3.8, 4) is 11.5 Å². The molecule has 0 bridgehead atoms. The van der Waals surface area contributed by atoms with E-state index in [2.05, 4.69) is 29.8 Å². The number of hydrogen-bond donors (Lipinski definition) is 1. The second-order valence-electron chi connectivity index (χ2n) is 4.40. The highest BCUT2D eigenvalue weighted by molar-refractivity contribution is 9.10. The molecule has 1 aromatic rings. The first-order valence-corrected chi connectivity index (χ1v) is 6.73. The molecule has 0 amide bonds. The lowest BCUT2D eigenvalue weighted by Crippen LogP contribution is -2.17. The van der Waals surface area contributed by atoms with Gasteiger partial charge < -0.3 is 15.2 Å². The number of ether oxygens (including phenoxy) is 2. The molecule has 0 saturated carbocycles. The van der Waals surface area contributed by atoms with Crippen LogP contribution in [0, 0.1) is 6.92 Å². The molecule has 0 fully saturated rings. The fraction of sp³-hybridized carbons (Fsp3) is 0.538. The van der Waals surface area contributed by atoms with Gasteiger partial charge in [-0.15, -0.1) is 0 Å². The molecule has 17 heavy (non-hydrogen) atoms. The van der Waals surface area contributed by atoms with E-state index in [9.17, 15) is 0 Å². The maximum atomic E-state index is 5.70. The maximum Gasteiger partial charge on any atom is 0.164 e. The molecule has 3 nitrogen and oxygen atoms in total. The molecule has 4 heteroatoms. The summed E-state index contributed by atoms with van der Waals surface area (Å²) < 4.78 is 12.4. The Morgan fingerprint density at radius 1 is 1.41 bits per heavy atom. The van der Waals surface area contributed by atoms with Gasteiger partial charge in [-0.1, -0.05) is 22.9 Å². The average molecular weight is 300 g/mol. The minimum atomic E-state index is 0.421. The molecule has 0 saturated heterocycles. The van der Waals surface area contributed by atoms with Crippen LogP contribution in [0.1, 0.15) is 30.4 Å². The van der Waals surface area contributed by atoms with Gasteiger partial charge in [0.25, 0.3) is 0 Å². The van der Waals surface area contributed by atoms with Crippen molar-refractivity contribution in [1.29, 1.82) is 0 Å². The zero-order chi connectivity index (χ0) is 12.4. The Hall–Kier alpha value is -0.740. The molecule has 1 heterocycles. The van der Waals surface area contributed by atoms with Crippen molar-refractivity contribution in [2.45, 2.75) is 26.2 Å². The Balaban J connectivity index is 2.45. The molecule has 0 radical (unpaired) electrons. The minimum absolute atomic E-state index is 0.421. The summed E-state index contributed by atoms with van der Waals surface area (Å²) in [7, 11) is 0. The zero-order valence-corrected chi connectivity index (χ0v) is 11.8. The smallest absolute Gasteiger partial charge is 0.164 e. The molecule has 0 aliphatic carbocycles. The van der Waals surface area contributed by atoms with Crippen LogP contribution in [-0.4, -0.2) is 19.8 Å². The van der Waals surface area contributed by atoms with Gasteiger partial charge in [0.2, 0.25) is 0 Å². The van der Waals surface area contributed by atoms with E-state index in [1.54, 1.807) is 0 Å². The predicted molar refractivity (Wildman–Crippen MR) is 72.0 cm³/mol. The van der Waals surface area contributed by atoms with Crippen LogP contribution >= 0.6 is 15.9 Å². The minimum Gasteiger partial charge on any atom is -0.486 e. The lowest BCUT2D eigenvalue weighted by molar-refractivity contribution is 0.170. The van der Waals surface area contributed by atoms with E-state index in [1.807, 2.05) is 6.07 Å². The topological polar surface area (TPSA) is 44.5 Å². The molecule has 1 aliphatic heterocycles. The van der Waals surface area contributed by atoms with Gasteiger partial charge in [0.1, 0.15) is 13.2 Å².